The average Bonchev–Trinajstić information content (AvgIpc) is 2.80. The molecule has 0 radical (unpaired) electrons. The van der Waals surface area contributed by atoms with Crippen molar-refractivity contribution in [3.63, 3.8) is 0 Å². The van der Waals surface area contributed by atoms with Gasteiger partial charge < -0.3 is 5.32 Å². The van der Waals surface area contributed by atoms with Crippen LogP contribution in [0.3, 0.4) is 0 Å². The van der Waals surface area contributed by atoms with Crippen LogP contribution in [0.1, 0.15) is 54.9 Å². The van der Waals surface area contributed by atoms with E-state index in [2.05, 4.69) is 45.1 Å². The van der Waals surface area contributed by atoms with Gasteiger partial charge in [0.2, 0.25) is 0 Å². The highest BCUT2D eigenvalue weighted by Crippen LogP contribution is 2.41. The molecule has 2 rings (SSSR count). The van der Waals surface area contributed by atoms with Crippen molar-refractivity contribution in [2.75, 3.05) is 13.1 Å². The summed E-state index contributed by atoms with van der Waals surface area (Å²) in [7, 11) is 0. The summed E-state index contributed by atoms with van der Waals surface area (Å²) < 4.78 is 0. The fourth-order valence-corrected chi connectivity index (χ4v) is 3.79. The lowest BCUT2D eigenvalue weighted by Crippen LogP contribution is -2.34. The van der Waals surface area contributed by atoms with Crippen molar-refractivity contribution in [3.05, 3.63) is 34.4 Å². The van der Waals surface area contributed by atoms with Crippen molar-refractivity contribution in [2.24, 2.45) is 5.41 Å². The molecule has 1 nitrogen and oxygen atoms in total. The Bertz CT molecular complexity index is 404. The monoisotopic (exact) mass is 259 g/mol. The Kier molecular flexibility index (Phi) is 4.67. The van der Waals surface area contributed by atoms with Gasteiger partial charge in [0.25, 0.3) is 0 Å². The third-order valence-electron chi connectivity index (χ3n) is 4.81. The molecule has 1 aliphatic rings. The minimum absolute atomic E-state index is 0.515. The zero-order valence-electron chi connectivity index (χ0n) is 13.1. The van der Waals surface area contributed by atoms with Crippen LogP contribution in [0, 0.1) is 26.2 Å². The fourth-order valence-electron chi connectivity index (χ4n) is 3.79. The number of benzene rings is 1. The molecular weight excluding hydrogens is 230 g/mol. The Morgan fingerprint density at radius 1 is 1.05 bits per heavy atom. The van der Waals surface area contributed by atoms with Gasteiger partial charge in [-0.1, -0.05) is 37.5 Å². The highest BCUT2D eigenvalue weighted by molar-refractivity contribution is 5.38. The molecule has 1 aromatic carbocycles. The van der Waals surface area contributed by atoms with Gasteiger partial charge in [-0.15, -0.1) is 0 Å². The van der Waals surface area contributed by atoms with Gasteiger partial charge in [-0.2, -0.15) is 0 Å². The molecule has 0 aromatic heterocycles. The minimum Gasteiger partial charge on any atom is -0.316 e. The van der Waals surface area contributed by atoms with Crippen LogP contribution in [0.2, 0.25) is 0 Å². The molecule has 0 bridgehead atoms. The van der Waals surface area contributed by atoms with Crippen LogP contribution in [0.25, 0.3) is 0 Å². The molecule has 1 saturated carbocycles. The zero-order chi connectivity index (χ0) is 13.9. The summed E-state index contributed by atoms with van der Waals surface area (Å²) in [5.41, 5.74) is 6.48. The van der Waals surface area contributed by atoms with Crippen molar-refractivity contribution in [1.29, 1.82) is 0 Å². The molecular formula is C18H29N. The van der Waals surface area contributed by atoms with Gasteiger partial charge in [-0.3, -0.25) is 0 Å². The molecule has 0 amide bonds. The SMILES string of the molecule is CCNCC1(Cc2c(C)cc(C)cc2C)CCCC1. The van der Waals surface area contributed by atoms with Crippen LogP contribution in [0.4, 0.5) is 0 Å². The van der Waals surface area contributed by atoms with E-state index in [1.165, 1.54) is 55.3 Å². The topological polar surface area (TPSA) is 12.0 Å². The van der Waals surface area contributed by atoms with E-state index in [1.54, 1.807) is 5.56 Å². The summed E-state index contributed by atoms with van der Waals surface area (Å²) in [6.07, 6.45) is 6.88. The fraction of sp³-hybridized carbons (Fsp3) is 0.667. The van der Waals surface area contributed by atoms with Crippen LogP contribution < -0.4 is 5.32 Å². The molecule has 0 spiro atoms. The second-order valence-electron chi connectivity index (χ2n) is 6.54. The van der Waals surface area contributed by atoms with Crippen molar-refractivity contribution in [2.45, 2.75) is 59.8 Å². The van der Waals surface area contributed by atoms with Crippen molar-refractivity contribution < 1.29 is 0 Å². The molecule has 19 heavy (non-hydrogen) atoms. The molecule has 1 aliphatic carbocycles. The smallest absolute Gasteiger partial charge is 0.00109 e. The second-order valence-corrected chi connectivity index (χ2v) is 6.54. The molecule has 1 aromatic rings. The van der Waals surface area contributed by atoms with Gasteiger partial charge in [0.1, 0.15) is 0 Å². The summed E-state index contributed by atoms with van der Waals surface area (Å²) in [6.45, 7) is 11.3. The lowest BCUT2D eigenvalue weighted by molar-refractivity contribution is 0.279. The summed E-state index contributed by atoms with van der Waals surface area (Å²) in [5, 5.41) is 3.60. The third kappa shape index (κ3) is 3.39. The normalized spacial score (nSPS) is 17.9. The summed E-state index contributed by atoms with van der Waals surface area (Å²) in [5.74, 6) is 0. The Hall–Kier alpha value is -0.820. The molecule has 0 heterocycles. The first-order valence-electron chi connectivity index (χ1n) is 7.84. The standard InChI is InChI=1S/C18H29N/c1-5-19-13-18(8-6-7-9-18)12-17-15(3)10-14(2)11-16(17)4/h10-11,19H,5-9,12-13H2,1-4H3. The number of aryl methyl sites for hydroxylation is 3. The lowest BCUT2D eigenvalue weighted by Gasteiger charge is -2.31. The predicted octanol–water partition coefficient (Wildman–Crippen LogP) is 4.32. The van der Waals surface area contributed by atoms with Gasteiger partial charge in [0.05, 0.1) is 0 Å². The molecule has 1 heteroatoms. The molecule has 0 saturated heterocycles. The quantitative estimate of drug-likeness (QED) is 0.830. The van der Waals surface area contributed by atoms with Crippen LogP contribution in [-0.2, 0) is 6.42 Å². The highest BCUT2D eigenvalue weighted by Gasteiger charge is 2.34. The van der Waals surface area contributed by atoms with Crippen molar-refractivity contribution >= 4 is 0 Å². The zero-order valence-corrected chi connectivity index (χ0v) is 13.1. The van der Waals surface area contributed by atoms with Crippen LogP contribution in [-0.4, -0.2) is 13.1 Å². The molecule has 1 fully saturated rings. The predicted molar refractivity (Wildman–Crippen MR) is 83.8 cm³/mol. The maximum Gasteiger partial charge on any atom is 0.00109 e. The van der Waals surface area contributed by atoms with E-state index in [1.807, 2.05) is 0 Å². The summed E-state index contributed by atoms with van der Waals surface area (Å²) in [4.78, 5) is 0. The number of nitrogens with one attached hydrogen (secondary N) is 1. The molecule has 106 valence electrons. The van der Waals surface area contributed by atoms with Crippen LogP contribution >= 0.6 is 0 Å². The first-order chi connectivity index (χ1) is 9.06. The molecule has 0 aliphatic heterocycles. The van der Waals surface area contributed by atoms with E-state index in [0.717, 1.165) is 6.54 Å². The minimum atomic E-state index is 0.515. The Morgan fingerprint density at radius 3 is 2.16 bits per heavy atom. The Labute approximate surface area is 118 Å². The van der Waals surface area contributed by atoms with E-state index >= 15 is 0 Å². The van der Waals surface area contributed by atoms with Gasteiger partial charge in [0, 0.05) is 6.54 Å². The van der Waals surface area contributed by atoms with Crippen molar-refractivity contribution in [1.82, 2.24) is 5.32 Å². The van der Waals surface area contributed by atoms with E-state index in [-0.39, 0.29) is 0 Å². The molecule has 0 unspecified atom stereocenters. The van der Waals surface area contributed by atoms with E-state index in [0.29, 0.717) is 5.41 Å². The summed E-state index contributed by atoms with van der Waals surface area (Å²) >= 11 is 0. The van der Waals surface area contributed by atoms with Gasteiger partial charge in [-0.05, 0) is 68.7 Å². The van der Waals surface area contributed by atoms with Crippen molar-refractivity contribution in [3.8, 4) is 0 Å². The lowest BCUT2D eigenvalue weighted by atomic mass is 9.77. The van der Waals surface area contributed by atoms with E-state index < -0.39 is 0 Å². The maximum atomic E-state index is 3.60. The molecule has 0 atom stereocenters. The van der Waals surface area contributed by atoms with Crippen LogP contribution in [0.15, 0.2) is 12.1 Å². The first-order valence-corrected chi connectivity index (χ1v) is 7.84. The van der Waals surface area contributed by atoms with E-state index in [9.17, 15) is 0 Å². The van der Waals surface area contributed by atoms with Gasteiger partial charge in [-0.25, -0.2) is 0 Å². The van der Waals surface area contributed by atoms with Gasteiger partial charge >= 0.3 is 0 Å². The molecule has 1 N–H and O–H groups in total. The third-order valence-corrected chi connectivity index (χ3v) is 4.81. The van der Waals surface area contributed by atoms with Crippen LogP contribution in [0.5, 0.6) is 0 Å². The van der Waals surface area contributed by atoms with E-state index in [4.69, 9.17) is 0 Å². The number of hydrogen-bond acceptors (Lipinski definition) is 1. The number of hydrogen-bond donors (Lipinski definition) is 1. The summed E-state index contributed by atoms with van der Waals surface area (Å²) in [6, 6.07) is 4.69. The second kappa shape index (κ2) is 6.09. The average molecular weight is 259 g/mol. The van der Waals surface area contributed by atoms with Gasteiger partial charge in [0.15, 0.2) is 0 Å². The highest BCUT2D eigenvalue weighted by atomic mass is 14.9. The number of rotatable bonds is 5. The first kappa shape index (κ1) is 14.6. The Balaban J connectivity index is 2.22. The maximum absolute atomic E-state index is 3.60. The largest absolute Gasteiger partial charge is 0.316 e. The Morgan fingerprint density at radius 2 is 1.63 bits per heavy atom.